The molecule has 3 aromatic rings. The first kappa shape index (κ1) is 24.8. The molecule has 176 valence electrons. The van der Waals surface area contributed by atoms with Crippen molar-refractivity contribution in [2.45, 2.75) is 104 Å². The number of aryl methyl sites for hydroxylation is 1. The van der Waals surface area contributed by atoms with Crippen molar-refractivity contribution in [2.75, 3.05) is 6.61 Å². The number of fused-ring (bicyclic) bond motifs is 1. The van der Waals surface area contributed by atoms with Gasteiger partial charge in [-0.3, -0.25) is 4.40 Å². The predicted octanol–water partition coefficient (Wildman–Crippen LogP) is 9.10. The minimum Gasteiger partial charge on any atom is -0.494 e. The number of nitrogens with zero attached hydrogens (tertiary/aromatic N) is 2. The first-order chi connectivity index (χ1) is 15.8. The zero-order valence-electron chi connectivity index (χ0n) is 20.3. The molecule has 2 heterocycles. The Bertz CT molecular complexity index is 849. The van der Waals surface area contributed by atoms with Gasteiger partial charge in [-0.1, -0.05) is 95.8 Å². The van der Waals surface area contributed by atoms with E-state index in [-0.39, 0.29) is 0 Å². The third-order valence-electron chi connectivity index (χ3n) is 6.15. The lowest BCUT2D eigenvalue weighted by Gasteiger charge is -2.06. The lowest BCUT2D eigenvalue weighted by atomic mass is 10.1. The Kier molecular flexibility index (Phi) is 11.1. The molecule has 0 aliphatic heterocycles. The maximum absolute atomic E-state index is 5.90. The number of aromatic nitrogens is 2. The molecule has 1 aromatic carbocycles. The molecule has 0 spiro atoms. The third-order valence-corrected chi connectivity index (χ3v) is 7.19. The normalized spacial score (nSPS) is 11.4. The van der Waals surface area contributed by atoms with E-state index in [1.165, 1.54) is 93.2 Å². The second kappa shape index (κ2) is 14.4. The second-order valence-corrected chi connectivity index (χ2v) is 10.0. The van der Waals surface area contributed by atoms with Gasteiger partial charge in [0.05, 0.1) is 17.2 Å². The fourth-order valence-corrected chi connectivity index (χ4v) is 5.14. The summed E-state index contributed by atoms with van der Waals surface area (Å²) in [6.45, 7) is 5.35. The summed E-state index contributed by atoms with van der Waals surface area (Å²) in [5.41, 5.74) is 2.47. The first-order valence-corrected chi connectivity index (χ1v) is 13.8. The molecule has 0 N–H and O–H groups in total. The standard InChI is InChI=1S/C28H42N2OS/c1-3-5-7-9-10-11-12-14-16-25-22-30-23-27(32-28(30)29-25)24-17-19-26(20-18-24)31-21-15-13-8-6-4-2/h17-20,22-23H,3-16,21H2,1-2H3. The van der Waals surface area contributed by atoms with E-state index in [0.29, 0.717) is 0 Å². The number of unbranched alkanes of at least 4 members (excludes halogenated alkanes) is 11. The topological polar surface area (TPSA) is 26.5 Å². The highest BCUT2D eigenvalue weighted by Crippen LogP contribution is 2.30. The lowest BCUT2D eigenvalue weighted by Crippen LogP contribution is -1.97. The smallest absolute Gasteiger partial charge is 0.194 e. The van der Waals surface area contributed by atoms with Crippen molar-refractivity contribution in [3.63, 3.8) is 0 Å². The zero-order chi connectivity index (χ0) is 22.4. The van der Waals surface area contributed by atoms with E-state index >= 15 is 0 Å². The van der Waals surface area contributed by atoms with Crippen LogP contribution in [0.3, 0.4) is 0 Å². The molecule has 0 saturated carbocycles. The summed E-state index contributed by atoms with van der Waals surface area (Å²) in [4.78, 5) is 7.22. The Morgan fingerprint density at radius 3 is 2.03 bits per heavy atom. The van der Waals surface area contributed by atoms with Gasteiger partial charge in [0.1, 0.15) is 5.75 Å². The van der Waals surface area contributed by atoms with Gasteiger partial charge in [-0.15, -0.1) is 0 Å². The third kappa shape index (κ3) is 8.27. The molecule has 2 aromatic heterocycles. The maximum atomic E-state index is 5.90. The Morgan fingerprint density at radius 2 is 1.38 bits per heavy atom. The summed E-state index contributed by atoms with van der Waals surface area (Å²) in [6, 6.07) is 8.52. The molecule has 0 bridgehead atoms. The summed E-state index contributed by atoms with van der Waals surface area (Å²) in [5.74, 6) is 0.971. The Morgan fingerprint density at radius 1 is 0.750 bits per heavy atom. The number of ether oxygens (including phenoxy) is 1. The monoisotopic (exact) mass is 454 g/mol. The van der Waals surface area contributed by atoms with Crippen LogP contribution in [0.4, 0.5) is 0 Å². The molecule has 3 nitrogen and oxygen atoms in total. The molecule has 0 amide bonds. The van der Waals surface area contributed by atoms with Gasteiger partial charge in [-0.25, -0.2) is 4.98 Å². The van der Waals surface area contributed by atoms with Crippen LogP contribution < -0.4 is 4.74 Å². The molecule has 0 fully saturated rings. The van der Waals surface area contributed by atoms with Crippen molar-refractivity contribution >= 4 is 16.3 Å². The fourth-order valence-electron chi connectivity index (χ4n) is 4.15. The largest absolute Gasteiger partial charge is 0.494 e. The highest BCUT2D eigenvalue weighted by molar-refractivity contribution is 7.20. The van der Waals surface area contributed by atoms with Crippen molar-refractivity contribution in [3.8, 4) is 16.2 Å². The van der Waals surface area contributed by atoms with Gasteiger partial charge in [0.2, 0.25) is 0 Å². The quantitative estimate of drug-likeness (QED) is 0.190. The van der Waals surface area contributed by atoms with Crippen LogP contribution in [-0.4, -0.2) is 16.0 Å². The van der Waals surface area contributed by atoms with E-state index in [2.05, 4.69) is 54.9 Å². The molecular formula is C28H42N2OS. The van der Waals surface area contributed by atoms with Crippen LogP contribution >= 0.6 is 11.3 Å². The van der Waals surface area contributed by atoms with Gasteiger partial charge < -0.3 is 4.74 Å². The number of imidazole rings is 1. The Balaban J connectivity index is 1.40. The van der Waals surface area contributed by atoms with Crippen LogP contribution in [0, 0.1) is 0 Å². The van der Waals surface area contributed by atoms with Crippen LogP contribution in [0.1, 0.15) is 103 Å². The molecule has 0 saturated heterocycles. The van der Waals surface area contributed by atoms with Crippen LogP contribution in [0.2, 0.25) is 0 Å². The molecule has 4 heteroatoms. The van der Waals surface area contributed by atoms with Crippen LogP contribution in [0.25, 0.3) is 15.4 Å². The van der Waals surface area contributed by atoms with Gasteiger partial charge in [-0.2, -0.15) is 0 Å². The molecule has 32 heavy (non-hydrogen) atoms. The maximum Gasteiger partial charge on any atom is 0.194 e. The van der Waals surface area contributed by atoms with E-state index in [0.717, 1.165) is 30.2 Å². The van der Waals surface area contributed by atoms with Crippen molar-refractivity contribution < 1.29 is 4.74 Å². The van der Waals surface area contributed by atoms with Gasteiger partial charge in [0, 0.05) is 12.4 Å². The van der Waals surface area contributed by atoms with Gasteiger partial charge in [0.15, 0.2) is 4.96 Å². The first-order valence-electron chi connectivity index (χ1n) is 13.0. The Labute approximate surface area is 199 Å². The van der Waals surface area contributed by atoms with Crippen molar-refractivity contribution in [3.05, 3.63) is 42.4 Å². The average molecular weight is 455 g/mol. The van der Waals surface area contributed by atoms with E-state index in [1.807, 2.05) is 0 Å². The number of hydrogen-bond acceptors (Lipinski definition) is 3. The van der Waals surface area contributed by atoms with Gasteiger partial charge in [-0.05, 0) is 49.1 Å². The van der Waals surface area contributed by atoms with Crippen LogP contribution in [0.15, 0.2) is 36.7 Å². The minimum atomic E-state index is 0.817. The minimum absolute atomic E-state index is 0.817. The number of thiazole rings is 1. The zero-order valence-corrected chi connectivity index (χ0v) is 21.1. The van der Waals surface area contributed by atoms with E-state index in [4.69, 9.17) is 9.72 Å². The molecule has 0 aliphatic rings. The SMILES string of the molecule is CCCCCCCCCCc1cn2cc(-c3ccc(OCCCCCCC)cc3)sc2n1. The molecule has 0 atom stereocenters. The highest BCUT2D eigenvalue weighted by Gasteiger charge is 2.08. The van der Waals surface area contributed by atoms with E-state index in [9.17, 15) is 0 Å². The highest BCUT2D eigenvalue weighted by atomic mass is 32.1. The molecular weight excluding hydrogens is 412 g/mol. The number of rotatable bonds is 17. The van der Waals surface area contributed by atoms with Crippen LogP contribution in [-0.2, 0) is 6.42 Å². The Hall–Kier alpha value is -1.81. The fraction of sp³-hybridized carbons (Fsp3) is 0.607. The van der Waals surface area contributed by atoms with Crippen LogP contribution in [0.5, 0.6) is 5.75 Å². The summed E-state index contributed by atoms with van der Waals surface area (Å²) in [6.07, 6.45) is 22.8. The molecule has 0 radical (unpaired) electrons. The molecule has 0 unspecified atom stereocenters. The molecule has 3 rings (SSSR count). The average Bonchev–Trinajstić information content (AvgIpc) is 3.37. The lowest BCUT2D eigenvalue weighted by molar-refractivity contribution is 0.304. The summed E-state index contributed by atoms with van der Waals surface area (Å²) < 4.78 is 8.10. The molecule has 0 aliphatic carbocycles. The number of hydrogen-bond donors (Lipinski definition) is 0. The van der Waals surface area contributed by atoms with E-state index < -0.39 is 0 Å². The van der Waals surface area contributed by atoms with Crippen molar-refractivity contribution in [1.82, 2.24) is 9.38 Å². The van der Waals surface area contributed by atoms with Gasteiger partial charge >= 0.3 is 0 Å². The van der Waals surface area contributed by atoms with Gasteiger partial charge in [0.25, 0.3) is 0 Å². The summed E-state index contributed by atoms with van der Waals surface area (Å²) in [7, 11) is 0. The second-order valence-electron chi connectivity index (χ2n) is 9.03. The van der Waals surface area contributed by atoms with E-state index in [1.54, 1.807) is 11.3 Å². The predicted molar refractivity (Wildman–Crippen MR) is 139 cm³/mol. The van der Waals surface area contributed by atoms with Crippen molar-refractivity contribution in [1.29, 1.82) is 0 Å². The summed E-state index contributed by atoms with van der Waals surface area (Å²) in [5, 5.41) is 0. The van der Waals surface area contributed by atoms with Crippen molar-refractivity contribution in [2.24, 2.45) is 0 Å². The number of benzene rings is 1. The summed E-state index contributed by atoms with van der Waals surface area (Å²) >= 11 is 1.77.